The first kappa shape index (κ1) is 24.5. The Morgan fingerprint density at radius 2 is 1.95 bits per heavy atom. The van der Waals surface area contributed by atoms with E-state index in [1.54, 1.807) is 17.1 Å². The summed E-state index contributed by atoms with van der Waals surface area (Å²) in [5.74, 6) is -0.138. The number of phenols is 1. The number of aryl methyl sites for hydroxylation is 1. The number of halogens is 1. The number of rotatable bonds is 5. The maximum absolute atomic E-state index is 13.8. The Hall–Kier alpha value is -5.58. The second-order valence-electron chi connectivity index (χ2n) is 9.78. The Morgan fingerprint density at radius 1 is 1.05 bits per heavy atom. The number of anilines is 1. The van der Waals surface area contributed by atoms with Gasteiger partial charge in [-0.3, -0.25) is 9.36 Å². The third-order valence-electron chi connectivity index (χ3n) is 7.29. The number of aromatic nitrogens is 6. The molecule has 1 aliphatic rings. The molecule has 1 amide bonds. The first-order chi connectivity index (χ1) is 20.0. The minimum absolute atomic E-state index is 0.146. The zero-order valence-corrected chi connectivity index (χ0v) is 21.6. The smallest absolute Gasteiger partial charge is 0.251 e. The van der Waals surface area contributed by atoms with Gasteiger partial charge in [0.25, 0.3) is 5.91 Å². The molecule has 0 aliphatic heterocycles. The van der Waals surface area contributed by atoms with E-state index in [0.717, 1.165) is 29.3 Å². The molecule has 202 valence electrons. The summed E-state index contributed by atoms with van der Waals surface area (Å²) in [6.45, 7) is 0. The molecule has 4 aromatic heterocycles. The number of pyridine rings is 2. The molecular formula is C30H23FN8O2. The van der Waals surface area contributed by atoms with Crippen molar-refractivity contribution in [1.82, 2.24) is 34.6 Å². The number of phenolic OH excluding ortho intramolecular Hbond substituents is 1. The molecule has 1 aliphatic carbocycles. The van der Waals surface area contributed by atoms with Gasteiger partial charge in [0.15, 0.2) is 28.9 Å². The fraction of sp³-hybridized carbons (Fsp3) is 0.100. The van der Waals surface area contributed by atoms with Crippen LogP contribution >= 0.6 is 0 Å². The molecule has 0 saturated heterocycles. The van der Waals surface area contributed by atoms with Crippen molar-refractivity contribution < 1.29 is 14.3 Å². The Bertz CT molecular complexity index is 1950. The fourth-order valence-electron chi connectivity index (χ4n) is 5.29. The molecule has 0 spiro atoms. The van der Waals surface area contributed by atoms with Crippen LogP contribution in [0.5, 0.6) is 5.75 Å². The van der Waals surface area contributed by atoms with Gasteiger partial charge >= 0.3 is 0 Å². The fourth-order valence-corrected chi connectivity index (χ4v) is 5.29. The molecule has 7 rings (SSSR count). The lowest BCUT2D eigenvalue weighted by atomic mass is 10.1. The Kier molecular flexibility index (Phi) is 5.70. The van der Waals surface area contributed by atoms with Crippen LogP contribution in [0, 0.1) is 5.82 Å². The predicted molar refractivity (Wildman–Crippen MR) is 150 cm³/mol. The molecule has 0 unspecified atom stereocenters. The molecule has 41 heavy (non-hydrogen) atoms. The van der Waals surface area contributed by atoms with Crippen LogP contribution in [-0.2, 0) is 6.42 Å². The molecule has 6 aromatic rings. The highest BCUT2D eigenvalue weighted by atomic mass is 19.1. The lowest BCUT2D eigenvalue weighted by molar-refractivity contribution is 0.0936. The number of hydrogen-bond donors (Lipinski definition) is 3. The first-order valence-corrected chi connectivity index (χ1v) is 13.0. The number of carbonyl (C=O) groups excluding carboxylic acids is 1. The van der Waals surface area contributed by atoms with E-state index in [9.17, 15) is 14.3 Å². The number of benzene rings is 2. The van der Waals surface area contributed by atoms with Crippen LogP contribution in [-0.4, -0.2) is 40.3 Å². The number of nitrogens with one attached hydrogen (secondary N) is 1. The molecule has 10 nitrogen and oxygen atoms in total. The van der Waals surface area contributed by atoms with Crippen molar-refractivity contribution in [2.75, 3.05) is 5.73 Å². The van der Waals surface area contributed by atoms with Crippen LogP contribution in [0.15, 0.2) is 85.3 Å². The molecule has 2 aromatic carbocycles. The molecule has 11 heteroatoms. The van der Waals surface area contributed by atoms with Gasteiger partial charge in [0, 0.05) is 29.8 Å². The molecule has 0 radical (unpaired) electrons. The van der Waals surface area contributed by atoms with Crippen LogP contribution in [0.25, 0.3) is 34.1 Å². The van der Waals surface area contributed by atoms with Crippen molar-refractivity contribution in [3.63, 3.8) is 0 Å². The highest BCUT2D eigenvalue weighted by molar-refractivity contribution is 5.94. The van der Waals surface area contributed by atoms with E-state index < -0.39 is 17.5 Å². The van der Waals surface area contributed by atoms with Crippen LogP contribution in [0.1, 0.15) is 33.9 Å². The number of nitrogens with zero attached hydrogens (tertiary/aromatic N) is 6. The number of carbonyl (C=O) groups is 1. The molecule has 0 saturated carbocycles. The van der Waals surface area contributed by atoms with Crippen molar-refractivity contribution in [2.45, 2.75) is 18.9 Å². The van der Waals surface area contributed by atoms with Gasteiger partial charge in [-0.2, -0.15) is 5.10 Å². The summed E-state index contributed by atoms with van der Waals surface area (Å²) in [6, 6.07) is 18.7. The van der Waals surface area contributed by atoms with E-state index in [0.29, 0.717) is 40.6 Å². The van der Waals surface area contributed by atoms with Crippen LogP contribution in [0.3, 0.4) is 0 Å². The second kappa shape index (κ2) is 9.56. The normalized spacial score (nSPS) is 14.3. The second-order valence-corrected chi connectivity index (χ2v) is 9.78. The van der Waals surface area contributed by atoms with Gasteiger partial charge in [-0.1, -0.05) is 6.07 Å². The van der Waals surface area contributed by atoms with Crippen molar-refractivity contribution in [2.24, 2.45) is 0 Å². The first-order valence-electron chi connectivity index (χ1n) is 13.0. The quantitative estimate of drug-likeness (QED) is 0.289. The van der Waals surface area contributed by atoms with Crippen molar-refractivity contribution in [3.8, 4) is 28.6 Å². The molecule has 0 fully saturated rings. The minimum Gasteiger partial charge on any atom is -0.505 e. The summed E-state index contributed by atoms with van der Waals surface area (Å²) in [5.41, 5.74) is 11.3. The number of amides is 1. The number of nitrogen functional groups attached to an aromatic ring is 1. The van der Waals surface area contributed by atoms with Gasteiger partial charge in [0.2, 0.25) is 0 Å². The lowest BCUT2D eigenvalue weighted by Gasteiger charge is -2.16. The molecule has 0 bridgehead atoms. The minimum atomic E-state index is -0.837. The molecule has 1 atom stereocenters. The Labute approximate surface area is 232 Å². The molecule has 4 heterocycles. The molecule has 4 N–H and O–H groups in total. The van der Waals surface area contributed by atoms with Gasteiger partial charge in [-0.15, -0.1) is 0 Å². The monoisotopic (exact) mass is 546 g/mol. The summed E-state index contributed by atoms with van der Waals surface area (Å²) in [7, 11) is 0. The van der Waals surface area contributed by atoms with E-state index in [1.807, 2.05) is 53.2 Å². The van der Waals surface area contributed by atoms with Gasteiger partial charge in [-0.25, -0.2) is 24.0 Å². The van der Waals surface area contributed by atoms with E-state index in [-0.39, 0.29) is 11.6 Å². The van der Waals surface area contributed by atoms with Crippen LogP contribution in [0.2, 0.25) is 0 Å². The van der Waals surface area contributed by atoms with Gasteiger partial charge in [0.1, 0.15) is 11.3 Å². The van der Waals surface area contributed by atoms with E-state index >= 15 is 0 Å². The zero-order chi connectivity index (χ0) is 28.1. The number of fused-ring (bicyclic) bond motifs is 2. The van der Waals surface area contributed by atoms with Crippen molar-refractivity contribution in [1.29, 1.82) is 0 Å². The van der Waals surface area contributed by atoms with E-state index in [4.69, 9.17) is 15.7 Å². The summed E-state index contributed by atoms with van der Waals surface area (Å²) in [4.78, 5) is 26.9. The van der Waals surface area contributed by atoms with E-state index in [1.165, 1.54) is 12.1 Å². The lowest BCUT2D eigenvalue weighted by Crippen LogP contribution is -2.27. The van der Waals surface area contributed by atoms with Gasteiger partial charge in [0.05, 0.1) is 11.6 Å². The summed E-state index contributed by atoms with van der Waals surface area (Å²) >= 11 is 0. The SMILES string of the molecule is Nc1ncccc1-c1nc2ccc(-n3cccn3)nc2n1-c1ccc2c(c1)CC[C@@H]2NC(=O)c1ccc(O)c(F)c1. The standard InChI is InChI=1S/C30H23FN8O2/c31-22-16-18(5-10-25(22)40)30(41)36-23-8-4-17-15-19(6-7-20(17)23)39-28(21-3-1-12-33-27(21)32)35-24-9-11-26(37-29(24)39)38-14-2-13-34-38/h1-3,5-7,9-16,23,40H,4,8H2,(H2,32,33)(H,36,41)/t23-/m0/s1. The topological polar surface area (TPSA) is 137 Å². The highest BCUT2D eigenvalue weighted by Gasteiger charge is 2.26. The third kappa shape index (κ3) is 4.24. The number of nitrogens with two attached hydrogens (primary N) is 1. The predicted octanol–water partition coefficient (Wildman–Crippen LogP) is 4.51. The third-order valence-corrected chi connectivity index (χ3v) is 7.29. The number of imidazole rings is 1. The zero-order valence-electron chi connectivity index (χ0n) is 21.6. The molecular weight excluding hydrogens is 523 g/mol. The van der Waals surface area contributed by atoms with Crippen LogP contribution in [0.4, 0.5) is 10.2 Å². The summed E-state index contributed by atoms with van der Waals surface area (Å²) in [5, 5.41) is 16.8. The van der Waals surface area contributed by atoms with Crippen molar-refractivity contribution >= 4 is 22.9 Å². The maximum atomic E-state index is 13.8. The number of aromatic hydroxyl groups is 1. The highest BCUT2D eigenvalue weighted by Crippen LogP contribution is 2.36. The Morgan fingerprint density at radius 3 is 2.76 bits per heavy atom. The Balaban J connectivity index is 1.30. The summed E-state index contributed by atoms with van der Waals surface area (Å²) < 4.78 is 17.5. The van der Waals surface area contributed by atoms with Crippen LogP contribution < -0.4 is 11.1 Å². The number of hydrogen-bond acceptors (Lipinski definition) is 7. The largest absolute Gasteiger partial charge is 0.505 e. The van der Waals surface area contributed by atoms with Gasteiger partial charge < -0.3 is 16.2 Å². The summed E-state index contributed by atoms with van der Waals surface area (Å²) in [6.07, 6.45) is 6.58. The van der Waals surface area contributed by atoms with Crippen molar-refractivity contribution in [3.05, 3.63) is 108 Å². The van der Waals surface area contributed by atoms with Gasteiger partial charge in [-0.05, 0) is 84.6 Å². The average molecular weight is 547 g/mol. The van der Waals surface area contributed by atoms with E-state index in [2.05, 4.69) is 21.5 Å². The average Bonchev–Trinajstić information content (AvgIpc) is 3.73. The maximum Gasteiger partial charge on any atom is 0.251 e.